The molecule has 1 aromatic heterocycles. The molecule has 4 rings (SSSR count). The minimum absolute atomic E-state index is 0.0406. The zero-order valence-electron chi connectivity index (χ0n) is 19.5. The predicted octanol–water partition coefficient (Wildman–Crippen LogP) is 3.28. The SMILES string of the molecule is CCOC(=O)C1=C(C)N=c2s/c(=C\c3cc(Br)ccc3O)c(=O)n2C1c1ccc(OC)c(OC)c1. The molecule has 0 bridgehead atoms. The lowest BCUT2D eigenvalue weighted by atomic mass is 9.95. The van der Waals surface area contributed by atoms with Gasteiger partial charge in [0, 0.05) is 10.0 Å². The number of phenolic OH excluding ortho intramolecular Hbond substituents is 1. The highest BCUT2D eigenvalue weighted by molar-refractivity contribution is 9.10. The van der Waals surface area contributed by atoms with Crippen LogP contribution in [0.3, 0.4) is 0 Å². The van der Waals surface area contributed by atoms with Crippen LogP contribution < -0.4 is 24.4 Å². The molecule has 1 aliphatic heterocycles. The zero-order valence-corrected chi connectivity index (χ0v) is 21.9. The molecule has 1 aliphatic rings. The minimum Gasteiger partial charge on any atom is -0.507 e. The predicted molar refractivity (Wildman–Crippen MR) is 136 cm³/mol. The van der Waals surface area contributed by atoms with Crippen LogP contribution in [0, 0.1) is 0 Å². The van der Waals surface area contributed by atoms with E-state index < -0.39 is 12.0 Å². The van der Waals surface area contributed by atoms with Crippen molar-refractivity contribution in [2.24, 2.45) is 4.99 Å². The Labute approximate surface area is 213 Å². The summed E-state index contributed by atoms with van der Waals surface area (Å²) in [5.41, 5.74) is 1.50. The number of benzene rings is 2. The lowest BCUT2D eigenvalue weighted by molar-refractivity contribution is -0.139. The fraction of sp³-hybridized carbons (Fsp3) is 0.240. The average molecular weight is 559 g/mol. The van der Waals surface area contributed by atoms with Crippen LogP contribution in [-0.4, -0.2) is 36.5 Å². The highest BCUT2D eigenvalue weighted by Gasteiger charge is 2.34. The lowest BCUT2D eigenvalue weighted by Gasteiger charge is -2.25. The minimum atomic E-state index is -0.789. The van der Waals surface area contributed by atoms with Gasteiger partial charge < -0.3 is 19.3 Å². The Hall–Kier alpha value is -3.37. The Bertz CT molecular complexity index is 1520. The number of rotatable bonds is 6. The van der Waals surface area contributed by atoms with E-state index in [9.17, 15) is 14.7 Å². The molecule has 0 fully saturated rings. The van der Waals surface area contributed by atoms with Gasteiger partial charge in [-0.3, -0.25) is 9.36 Å². The number of thiazole rings is 1. The van der Waals surface area contributed by atoms with Gasteiger partial charge in [-0.25, -0.2) is 9.79 Å². The number of hydrogen-bond donors (Lipinski definition) is 1. The van der Waals surface area contributed by atoms with Gasteiger partial charge in [-0.1, -0.05) is 33.3 Å². The van der Waals surface area contributed by atoms with Crippen LogP contribution in [0.2, 0.25) is 0 Å². The second kappa shape index (κ2) is 10.1. The van der Waals surface area contributed by atoms with Crippen LogP contribution in [0.25, 0.3) is 6.08 Å². The number of methoxy groups -OCH3 is 2. The molecule has 2 heterocycles. The first-order valence-corrected chi connectivity index (χ1v) is 12.3. The fourth-order valence-electron chi connectivity index (χ4n) is 3.91. The van der Waals surface area contributed by atoms with E-state index in [1.54, 1.807) is 56.3 Å². The molecular formula is C25H23BrN2O6S. The monoisotopic (exact) mass is 558 g/mol. The van der Waals surface area contributed by atoms with Gasteiger partial charge in [0.1, 0.15) is 5.75 Å². The Morgan fingerprint density at radius 3 is 2.63 bits per heavy atom. The Balaban J connectivity index is 1.99. The Morgan fingerprint density at radius 1 is 1.20 bits per heavy atom. The maximum Gasteiger partial charge on any atom is 0.338 e. The summed E-state index contributed by atoms with van der Waals surface area (Å²) in [7, 11) is 3.05. The third-order valence-electron chi connectivity index (χ3n) is 5.52. The van der Waals surface area contributed by atoms with Gasteiger partial charge in [-0.2, -0.15) is 0 Å². The summed E-state index contributed by atoms with van der Waals surface area (Å²) in [5.74, 6) is 0.475. The van der Waals surface area contributed by atoms with Crippen molar-refractivity contribution < 1.29 is 24.1 Å². The number of nitrogens with zero attached hydrogens (tertiary/aromatic N) is 2. The van der Waals surface area contributed by atoms with Gasteiger partial charge in [-0.05, 0) is 55.8 Å². The van der Waals surface area contributed by atoms with Crippen molar-refractivity contribution in [1.29, 1.82) is 0 Å². The molecule has 3 aromatic rings. The summed E-state index contributed by atoms with van der Waals surface area (Å²) >= 11 is 4.57. The average Bonchev–Trinajstić information content (AvgIpc) is 3.14. The first-order valence-electron chi connectivity index (χ1n) is 10.7. The van der Waals surface area contributed by atoms with Gasteiger partial charge in [0.15, 0.2) is 16.3 Å². The Kier molecular flexibility index (Phi) is 7.13. The van der Waals surface area contributed by atoms with Crippen molar-refractivity contribution in [3.05, 3.63) is 83.0 Å². The van der Waals surface area contributed by atoms with Crippen molar-refractivity contribution in [2.45, 2.75) is 19.9 Å². The van der Waals surface area contributed by atoms with E-state index in [4.69, 9.17) is 14.2 Å². The van der Waals surface area contributed by atoms with E-state index in [-0.39, 0.29) is 23.5 Å². The van der Waals surface area contributed by atoms with Crippen LogP contribution in [0.1, 0.15) is 31.0 Å². The number of hydrogen-bond acceptors (Lipinski definition) is 8. The first kappa shape index (κ1) is 24.7. The number of aromatic nitrogens is 1. The number of esters is 1. The molecule has 0 aliphatic carbocycles. The summed E-state index contributed by atoms with van der Waals surface area (Å²) in [4.78, 5) is 31.7. The number of carbonyl (C=O) groups is 1. The second-order valence-electron chi connectivity index (χ2n) is 7.62. The molecular weight excluding hydrogens is 536 g/mol. The molecule has 1 N–H and O–H groups in total. The molecule has 35 heavy (non-hydrogen) atoms. The second-order valence-corrected chi connectivity index (χ2v) is 9.54. The van der Waals surface area contributed by atoms with Gasteiger partial charge in [0.2, 0.25) is 0 Å². The van der Waals surface area contributed by atoms with E-state index >= 15 is 0 Å². The topological polar surface area (TPSA) is 99.4 Å². The van der Waals surface area contributed by atoms with Crippen molar-refractivity contribution in [3.63, 3.8) is 0 Å². The highest BCUT2D eigenvalue weighted by Crippen LogP contribution is 2.36. The molecule has 2 aromatic carbocycles. The number of fused-ring (bicyclic) bond motifs is 1. The fourth-order valence-corrected chi connectivity index (χ4v) is 5.33. The van der Waals surface area contributed by atoms with Crippen molar-refractivity contribution in [3.8, 4) is 17.2 Å². The summed E-state index contributed by atoms with van der Waals surface area (Å²) in [6, 6.07) is 9.42. The standard InChI is InChI=1S/C25H23BrN2O6S/c1-5-34-24(31)21-13(2)27-25-28(22(21)14-6-9-18(32-3)19(11-14)33-4)23(30)20(35-25)12-15-10-16(26)7-8-17(15)29/h6-12,22,29H,5H2,1-4H3/b20-12-. The molecule has 10 heteroatoms. The number of halogens is 1. The zero-order chi connectivity index (χ0) is 25.3. The maximum absolute atomic E-state index is 13.7. The summed E-state index contributed by atoms with van der Waals surface area (Å²) in [5, 5.41) is 10.3. The van der Waals surface area contributed by atoms with Crippen LogP contribution in [0.5, 0.6) is 17.2 Å². The van der Waals surface area contributed by atoms with E-state index in [1.165, 1.54) is 30.1 Å². The molecule has 0 amide bonds. The molecule has 1 unspecified atom stereocenters. The quantitative estimate of drug-likeness (QED) is 0.466. The maximum atomic E-state index is 13.7. The smallest absolute Gasteiger partial charge is 0.338 e. The van der Waals surface area contributed by atoms with E-state index in [0.717, 1.165) is 4.47 Å². The molecule has 0 spiro atoms. The molecule has 182 valence electrons. The molecule has 1 atom stereocenters. The van der Waals surface area contributed by atoms with E-state index in [1.807, 2.05) is 0 Å². The van der Waals surface area contributed by atoms with E-state index in [2.05, 4.69) is 20.9 Å². The van der Waals surface area contributed by atoms with Gasteiger partial charge in [0.25, 0.3) is 5.56 Å². The van der Waals surface area contributed by atoms with Gasteiger partial charge in [-0.15, -0.1) is 0 Å². The van der Waals surface area contributed by atoms with Crippen LogP contribution >= 0.6 is 27.3 Å². The molecule has 8 nitrogen and oxygen atoms in total. The summed E-state index contributed by atoms with van der Waals surface area (Å²) in [6.45, 7) is 3.62. The number of ether oxygens (including phenoxy) is 3. The third-order valence-corrected chi connectivity index (χ3v) is 6.99. The highest BCUT2D eigenvalue weighted by atomic mass is 79.9. The number of phenols is 1. The van der Waals surface area contributed by atoms with Crippen LogP contribution in [0.4, 0.5) is 0 Å². The number of carbonyl (C=O) groups excluding carboxylic acids is 1. The number of allylic oxidation sites excluding steroid dienone is 1. The van der Waals surface area contributed by atoms with Gasteiger partial charge >= 0.3 is 5.97 Å². The molecule has 0 saturated heterocycles. The number of aromatic hydroxyl groups is 1. The largest absolute Gasteiger partial charge is 0.507 e. The molecule has 0 radical (unpaired) electrons. The summed E-state index contributed by atoms with van der Waals surface area (Å²) in [6.07, 6.45) is 1.61. The Morgan fingerprint density at radius 2 is 1.94 bits per heavy atom. The van der Waals surface area contributed by atoms with Crippen molar-refractivity contribution in [1.82, 2.24) is 4.57 Å². The normalized spacial score (nSPS) is 15.5. The third kappa shape index (κ3) is 4.63. The lowest BCUT2D eigenvalue weighted by Crippen LogP contribution is -2.40. The first-order chi connectivity index (χ1) is 16.8. The van der Waals surface area contributed by atoms with Crippen LogP contribution in [-0.2, 0) is 9.53 Å². The molecule has 0 saturated carbocycles. The summed E-state index contributed by atoms with van der Waals surface area (Å²) < 4.78 is 18.7. The van der Waals surface area contributed by atoms with Crippen molar-refractivity contribution in [2.75, 3.05) is 20.8 Å². The van der Waals surface area contributed by atoms with Gasteiger partial charge in [0.05, 0.1) is 42.7 Å². The van der Waals surface area contributed by atoms with Crippen LogP contribution in [0.15, 0.2) is 61.9 Å². The van der Waals surface area contributed by atoms with Crippen molar-refractivity contribution >= 4 is 39.3 Å². The van der Waals surface area contributed by atoms with E-state index in [0.29, 0.717) is 37.7 Å².